The number of hydrogen-bond acceptors (Lipinski definition) is 4. The number of benzene rings is 2. The maximum absolute atomic E-state index is 12.1. The predicted molar refractivity (Wildman–Crippen MR) is 130 cm³/mol. The van der Waals surface area contributed by atoms with Gasteiger partial charge < -0.3 is 15.5 Å². The SMILES string of the molecule is CN(C)C1(C(N)=O)CCN(CCCN2c3ccccc3C=Cc3ccc(Cl)cc32)CC1. The van der Waals surface area contributed by atoms with Crippen molar-refractivity contribution in [2.24, 2.45) is 5.73 Å². The molecule has 0 bridgehead atoms. The lowest BCUT2D eigenvalue weighted by Gasteiger charge is -2.43. The van der Waals surface area contributed by atoms with Gasteiger partial charge in [0.25, 0.3) is 0 Å². The Balaban J connectivity index is 1.45. The van der Waals surface area contributed by atoms with E-state index in [1.165, 1.54) is 16.8 Å². The summed E-state index contributed by atoms with van der Waals surface area (Å²) >= 11 is 6.36. The van der Waals surface area contributed by atoms with Gasteiger partial charge in [-0.25, -0.2) is 0 Å². The van der Waals surface area contributed by atoms with Crippen LogP contribution in [-0.2, 0) is 4.79 Å². The molecule has 0 aliphatic carbocycles. The topological polar surface area (TPSA) is 52.8 Å². The molecule has 1 fully saturated rings. The number of fused-ring (bicyclic) bond motifs is 2. The zero-order valence-electron chi connectivity index (χ0n) is 18.4. The van der Waals surface area contributed by atoms with E-state index >= 15 is 0 Å². The lowest BCUT2D eigenvalue weighted by molar-refractivity contribution is -0.131. The van der Waals surface area contributed by atoms with Crippen LogP contribution in [0.25, 0.3) is 12.2 Å². The van der Waals surface area contributed by atoms with Crippen molar-refractivity contribution < 1.29 is 4.79 Å². The molecule has 2 aromatic carbocycles. The molecule has 0 unspecified atom stereocenters. The van der Waals surface area contributed by atoms with E-state index in [9.17, 15) is 4.79 Å². The van der Waals surface area contributed by atoms with Crippen LogP contribution in [0.5, 0.6) is 0 Å². The van der Waals surface area contributed by atoms with Crippen LogP contribution in [0, 0.1) is 0 Å². The van der Waals surface area contributed by atoms with E-state index in [1.54, 1.807) is 0 Å². The first-order valence-electron chi connectivity index (χ1n) is 10.9. The highest BCUT2D eigenvalue weighted by Gasteiger charge is 2.41. The van der Waals surface area contributed by atoms with Crippen LogP contribution in [0.15, 0.2) is 42.5 Å². The van der Waals surface area contributed by atoms with Crippen molar-refractivity contribution in [3.63, 3.8) is 0 Å². The van der Waals surface area contributed by atoms with Gasteiger partial charge in [-0.3, -0.25) is 9.69 Å². The molecule has 0 saturated carbocycles. The molecule has 1 saturated heterocycles. The largest absolute Gasteiger partial charge is 0.368 e. The highest BCUT2D eigenvalue weighted by atomic mass is 35.5. The molecule has 5 nitrogen and oxygen atoms in total. The molecule has 0 aromatic heterocycles. The van der Waals surface area contributed by atoms with Crippen LogP contribution in [-0.4, -0.2) is 61.5 Å². The van der Waals surface area contributed by atoms with Gasteiger partial charge in [0.2, 0.25) is 5.91 Å². The van der Waals surface area contributed by atoms with Gasteiger partial charge >= 0.3 is 0 Å². The maximum atomic E-state index is 12.1. The van der Waals surface area contributed by atoms with Crippen LogP contribution in [0.2, 0.25) is 5.02 Å². The number of para-hydroxylation sites is 1. The number of carbonyl (C=O) groups is 1. The average molecular weight is 439 g/mol. The number of halogens is 1. The minimum atomic E-state index is -0.512. The molecular formula is C25H31ClN4O. The number of carbonyl (C=O) groups excluding carboxylic acids is 1. The van der Waals surface area contributed by atoms with Gasteiger partial charge in [0.15, 0.2) is 0 Å². The van der Waals surface area contributed by atoms with Crippen LogP contribution >= 0.6 is 11.6 Å². The third kappa shape index (κ3) is 4.36. The van der Waals surface area contributed by atoms with Gasteiger partial charge in [0.1, 0.15) is 5.54 Å². The normalized spacial score (nSPS) is 17.9. The quantitative estimate of drug-likeness (QED) is 0.733. The molecule has 4 rings (SSSR count). The lowest BCUT2D eigenvalue weighted by Crippen LogP contribution is -2.60. The fourth-order valence-corrected chi connectivity index (χ4v) is 5.00. The van der Waals surface area contributed by atoms with Gasteiger partial charge in [-0.2, -0.15) is 0 Å². The van der Waals surface area contributed by atoms with Crippen molar-refractivity contribution in [2.45, 2.75) is 24.8 Å². The predicted octanol–water partition coefficient (Wildman–Crippen LogP) is 4.23. The molecule has 164 valence electrons. The number of likely N-dealkylation sites (tertiary alicyclic amines) is 1. The Labute approximate surface area is 190 Å². The van der Waals surface area contributed by atoms with E-state index in [0.717, 1.165) is 56.2 Å². The van der Waals surface area contributed by atoms with Crippen LogP contribution in [0.4, 0.5) is 11.4 Å². The first-order valence-corrected chi connectivity index (χ1v) is 11.3. The zero-order chi connectivity index (χ0) is 22.0. The lowest BCUT2D eigenvalue weighted by atomic mass is 9.85. The summed E-state index contributed by atoms with van der Waals surface area (Å²) in [5.74, 6) is -0.209. The van der Waals surface area contributed by atoms with Crippen molar-refractivity contribution in [3.05, 3.63) is 58.6 Å². The summed E-state index contributed by atoms with van der Waals surface area (Å²) in [6.07, 6.45) is 6.93. The Morgan fingerprint density at radius 2 is 1.71 bits per heavy atom. The Hall–Kier alpha value is -2.34. The average Bonchev–Trinajstić information content (AvgIpc) is 2.91. The number of amides is 1. The monoisotopic (exact) mass is 438 g/mol. The second-order valence-corrected chi connectivity index (χ2v) is 9.17. The van der Waals surface area contributed by atoms with Gasteiger partial charge in [-0.15, -0.1) is 0 Å². The summed E-state index contributed by atoms with van der Waals surface area (Å²) in [5.41, 5.74) is 9.97. The first kappa shape index (κ1) is 21.9. The number of nitrogens with zero attached hydrogens (tertiary/aromatic N) is 3. The number of nitrogens with two attached hydrogens (primary N) is 1. The van der Waals surface area contributed by atoms with Crippen LogP contribution in [0.1, 0.15) is 30.4 Å². The molecule has 2 aliphatic heterocycles. The molecule has 1 amide bonds. The van der Waals surface area contributed by atoms with E-state index in [-0.39, 0.29) is 5.91 Å². The van der Waals surface area contributed by atoms with E-state index in [2.05, 4.69) is 58.4 Å². The molecule has 2 aromatic rings. The van der Waals surface area contributed by atoms with E-state index in [1.807, 2.05) is 25.1 Å². The second-order valence-electron chi connectivity index (χ2n) is 8.73. The van der Waals surface area contributed by atoms with Crippen molar-refractivity contribution in [1.29, 1.82) is 0 Å². The molecule has 0 atom stereocenters. The van der Waals surface area contributed by atoms with E-state index < -0.39 is 5.54 Å². The Morgan fingerprint density at radius 1 is 1.03 bits per heavy atom. The maximum Gasteiger partial charge on any atom is 0.238 e. The van der Waals surface area contributed by atoms with E-state index in [4.69, 9.17) is 17.3 Å². The third-order valence-electron chi connectivity index (χ3n) is 6.81. The smallest absolute Gasteiger partial charge is 0.238 e. The Kier molecular flexibility index (Phi) is 6.37. The minimum absolute atomic E-state index is 0.209. The van der Waals surface area contributed by atoms with Crippen LogP contribution < -0.4 is 10.6 Å². The number of hydrogen-bond donors (Lipinski definition) is 1. The molecule has 2 aliphatic rings. The number of primary amides is 1. The molecule has 6 heteroatoms. The third-order valence-corrected chi connectivity index (χ3v) is 7.04. The molecule has 0 radical (unpaired) electrons. The summed E-state index contributed by atoms with van der Waals surface area (Å²) in [6, 6.07) is 14.6. The van der Waals surface area contributed by atoms with Gasteiger partial charge in [-0.1, -0.05) is 48.0 Å². The van der Waals surface area contributed by atoms with Crippen LogP contribution in [0.3, 0.4) is 0 Å². The highest BCUT2D eigenvalue weighted by Crippen LogP contribution is 2.37. The Bertz CT molecular complexity index is 979. The highest BCUT2D eigenvalue weighted by molar-refractivity contribution is 6.31. The summed E-state index contributed by atoms with van der Waals surface area (Å²) < 4.78 is 0. The summed E-state index contributed by atoms with van der Waals surface area (Å²) in [7, 11) is 3.90. The Morgan fingerprint density at radius 3 is 2.39 bits per heavy atom. The van der Waals surface area contributed by atoms with E-state index in [0.29, 0.717) is 0 Å². The van der Waals surface area contributed by atoms with Crippen molar-refractivity contribution in [3.8, 4) is 0 Å². The number of rotatable bonds is 6. The number of likely N-dealkylation sites (N-methyl/N-ethyl adjacent to an activating group) is 1. The van der Waals surface area contributed by atoms with Gasteiger partial charge in [0.05, 0.1) is 0 Å². The summed E-state index contributed by atoms with van der Waals surface area (Å²) in [6.45, 7) is 3.67. The van der Waals surface area contributed by atoms with Gasteiger partial charge in [-0.05, 0) is 69.2 Å². The molecular weight excluding hydrogens is 408 g/mol. The fraction of sp³-hybridized carbons (Fsp3) is 0.400. The minimum Gasteiger partial charge on any atom is -0.368 e. The van der Waals surface area contributed by atoms with Crippen molar-refractivity contribution >= 4 is 41.0 Å². The second kappa shape index (κ2) is 9.03. The molecule has 31 heavy (non-hydrogen) atoms. The molecule has 0 spiro atoms. The van der Waals surface area contributed by atoms with Crippen molar-refractivity contribution in [1.82, 2.24) is 9.80 Å². The van der Waals surface area contributed by atoms with Gasteiger partial charge in [0, 0.05) is 36.0 Å². The first-order chi connectivity index (χ1) is 14.9. The molecule has 2 N–H and O–H groups in total. The zero-order valence-corrected chi connectivity index (χ0v) is 19.1. The summed E-state index contributed by atoms with van der Waals surface area (Å²) in [5, 5.41) is 0.749. The fourth-order valence-electron chi connectivity index (χ4n) is 4.83. The standard InChI is InChI=1S/C25H31ClN4O/c1-28(2)25(24(27)31)12-16-29(17-13-25)14-5-15-30-22-7-4-3-6-19(22)8-9-20-10-11-21(26)18-23(20)30/h3-4,6-11,18H,5,12-17H2,1-2H3,(H2,27,31). The summed E-state index contributed by atoms with van der Waals surface area (Å²) in [4.78, 5) is 18.9. The van der Waals surface area contributed by atoms with Crippen molar-refractivity contribution in [2.75, 3.05) is 45.2 Å². The number of anilines is 2. The molecule has 2 heterocycles. The number of piperidine rings is 1.